The smallest absolute Gasteiger partial charge is 0.142 e. The van der Waals surface area contributed by atoms with Gasteiger partial charge in [0.15, 0.2) is 0 Å². The van der Waals surface area contributed by atoms with E-state index in [4.69, 9.17) is 4.84 Å². The Balaban J connectivity index is 1.87. The van der Waals surface area contributed by atoms with Gasteiger partial charge in [-0.15, -0.1) is 11.3 Å². The molecule has 19 heavy (non-hydrogen) atoms. The quantitative estimate of drug-likeness (QED) is 0.589. The van der Waals surface area contributed by atoms with Crippen LogP contribution in [0.5, 0.6) is 0 Å². The Morgan fingerprint density at radius 3 is 2.47 bits per heavy atom. The van der Waals surface area contributed by atoms with Crippen LogP contribution in [0.2, 0.25) is 0 Å². The minimum absolute atomic E-state index is 0.191. The summed E-state index contributed by atoms with van der Waals surface area (Å²) in [4.78, 5) is 6.39. The minimum atomic E-state index is 0.191. The van der Waals surface area contributed by atoms with Gasteiger partial charge in [0.1, 0.15) is 6.61 Å². The Hall–Kier alpha value is -1.61. The molecule has 3 heteroatoms. The zero-order valence-electron chi connectivity index (χ0n) is 11.6. The van der Waals surface area contributed by atoms with Crippen molar-refractivity contribution in [3.63, 3.8) is 0 Å². The molecule has 0 radical (unpaired) electrons. The van der Waals surface area contributed by atoms with Gasteiger partial charge in [-0.25, -0.2) is 0 Å². The second-order valence-electron chi connectivity index (χ2n) is 5.47. The Bertz CT molecular complexity index is 521. The third-order valence-electron chi connectivity index (χ3n) is 2.85. The molecule has 0 aliphatic carbocycles. The molecule has 0 fully saturated rings. The van der Waals surface area contributed by atoms with Crippen molar-refractivity contribution < 1.29 is 4.84 Å². The predicted octanol–water partition coefficient (Wildman–Crippen LogP) is 4.60. The van der Waals surface area contributed by atoms with Gasteiger partial charge in [0, 0.05) is 4.88 Å². The highest BCUT2D eigenvalue weighted by Crippen LogP contribution is 2.22. The zero-order valence-corrected chi connectivity index (χ0v) is 12.4. The fourth-order valence-corrected chi connectivity index (χ4v) is 2.24. The van der Waals surface area contributed by atoms with Crippen molar-refractivity contribution in [3.05, 3.63) is 57.8 Å². The second kappa shape index (κ2) is 6.02. The summed E-state index contributed by atoms with van der Waals surface area (Å²) in [5.41, 5.74) is 2.66. The molecule has 2 nitrogen and oxygen atoms in total. The van der Waals surface area contributed by atoms with Gasteiger partial charge in [-0.2, -0.15) is 0 Å². The number of rotatable bonds is 4. The summed E-state index contributed by atoms with van der Waals surface area (Å²) in [5.74, 6) is 0. The maximum absolute atomic E-state index is 5.29. The van der Waals surface area contributed by atoms with E-state index < -0.39 is 0 Å². The lowest BCUT2D eigenvalue weighted by molar-refractivity contribution is 0.132. The molecule has 0 atom stereocenters. The maximum Gasteiger partial charge on any atom is 0.142 e. The van der Waals surface area contributed by atoms with E-state index in [-0.39, 0.29) is 5.41 Å². The zero-order chi connectivity index (χ0) is 13.7. The number of oxime groups is 1. The Morgan fingerprint density at radius 2 is 1.89 bits per heavy atom. The molecule has 0 bridgehead atoms. The Labute approximate surface area is 118 Å². The molecule has 1 heterocycles. The van der Waals surface area contributed by atoms with Crippen LogP contribution in [-0.2, 0) is 16.9 Å². The van der Waals surface area contributed by atoms with Crippen LogP contribution < -0.4 is 0 Å². The third-order valence-corrected chi connectivity index (χ3v) is 3.66. The molecular formula is C16H19NOS. The summed E-state index contributed by atoms with van der Waals surface area (Å²) < 4.78 is 0. The van der Waals surface area contributed by atoms with Crippen LogP contribution in [0.15, 0.2) is 46.9 Å². The fourth-order valence-electron chi connectivity index (χ4n) is 1.67. The van der Waals surface area contributed by atoms with Crippen LogP contribution in [0.4, 0.5) is 0 Å². The van der Waals surface area contributed by atoms with Crippen LogP contribution in [0, 0.1) is 0 Å². The molecule has 0 N–H and O–H groups in total. The lowest BCUT2D eigenvalue weighted by Crippen LogP contribution is -2.10. The first-order chi connectivity index (χ1) is 9.05. The molecule has 0 aliphatic rings. The second-order valence-corrected chi connectivity index (χ2v) is 6.45. The Morgan fingerprint density at radius 1 is 1.16 bits per heavy atom. The van der Waals surface area contributed by atoms with Crippen molar-refractivity contribution in [3.8, 4) is 0 Å². The molecule has 0 saturated heterocycles. The van der Waals surface area contributed by atoms with E-state index in [0.717, 1.165) is 10.4 Å². The van der Waals surface area contributed by atoms with Gasteiger partial charge < -0.3 is 4.84 Å². The molecular weight excluding hydrogens is 254 g/mol. The number of hydrogen-bond acceptors (Lipinski definition) is 3. The highest BCUT2D eigenvalue weighted by molar-refractivity contribution is 7.11. The SMILES string of the molecule is CC(C)(C)c1ccc(CON=Cc2cccs2)cc1. The molecule has 100 valence electrons. The van der Waals surface area contributed by atoms with Gasteiger partial charge >= 0.3 is 0 Å². The lowest BCUT2D eigenvalue weighted by atomic mass is 9.87. The van der Waals surface area contributed by atoms with Crippen molar-refractivity contribution in [1.29, 1.82) is 0 Å². The monoisotopic (exact) mass is 273 g/mol. The highest BCUT2D eigenvalue weighted by atomic mass is 32.1. The molecule has 0 spiro atoms. The maximum atomic E-state index is 5.29. The van der Waals surface area contributed by atoms with Crippen LogP contribution in [0.25, 0.3) is 0 Å². The average molecular weight is 273 g/mol. The summed E-state index contributed by atoms with van der Waals surface area (Å²) >= 11 is 1.64. The molecule has 2 aromatic rings. The van der Waals surface area contributed by atoms with Gasteiger partial charge in [0.05, 0.1) is 6.21 Å². The topological polar surface area (TPSA) is 21.6 Å². The van der Waals surface area contributed by atoms with E-state index >= 15 is 0 Å². The summed E-state index contributed by atoms with van der Waals surface area (Å²) in [7, 11) is 0. The van der Waals surface area contributed by atoms with E-state index in [0.29, 0.717) is 6.61 Å². The van der Waals surface area contributed by atoms with Crippen molar-refractivity contribution in [2.24, 2.45) is 5.16 Å². The van der Waals surface area contributed by atoms with E-state index in [9.17, 15) is 0 Å². The van der Waals surface area contributed by atoms with Crippen molar-refractivity contribution in [2.75, 3.05) is 0 Å². The van der Waals surface area contributed by atoms with Crippen molar-refractivity contribution >= 4 is 17.6 Å². The summed E-state index contributed by atoms with van der Waals surface area (Å²) in [6.07, 6.45) is 1.74. The number of nitrogens with zero attached hydrogens (tertiary/aromatic N) is 1. The van der Waals surface area contributed by atoms with Gasteiger partial charge in [0.25, 0.3) is 0 Å². The molecule has 0 aliphatic heterocycles. The standard InChI is InChI=1S/C16H19NOS/c1-16(2,3)14-8-6-13(7-9-14)12-18-17-11-15-5-4-10-19-15/h4-11H,12H2,1-3H3. The summed E-state index contributed by atoms with van der Waals surface area (Å²) in [6, 6.07) is 12.5. The Kier molecular flexibility index (Phi) is 4.38. The summed E-state index contributed by atoms with van der Waals surface area (Å²) in [5, 5.41) is 5.99. The van der Waals surface area contributed by atoms with Crippen LogP contribution >= 0.6 is 11.3 Å². The van der Waals surface area contributed by atoms with E-state index in [2.05, 4.69) is 50.2 Å². The van der Waals surface area contributed by atoms with Crippen LogP contribution in [-0.4, -0.2) is 6.21 Å². The van der Waals surface area contributed by atoms with Crippen LogP contribution in [0.1, 0.15) is 36.8 Å². The molecule has 1 aromatic carbocycles. The minimum Gasteiger partial charge on any atom is -0.391 e. The first kappa shape index (κ1) is 13.8. The van der Waals surface area contributed by atoms with E-state index in [1.54, 1.807) is 17.6 Å². The lowest BCUT2D eigenvalue weighted by Gasteiger charge is -2.18. The molecule has 1 aromatic heterocycles. The van der Waals surface area contributed by atoms with Gasteiger partial charge in [-0.1, -0.05) is 56.3 Å². The molecule has 0 saturated carbocycles. The predicted molar refractivity (Wildman–Crippen MR) is 81.8 cm³/mol. The fraction of sp³-hybridized carbons (Fsp3) is 0.312. The normalized spacial score (nSPS) is 11.9. The number of hydrogen-bond donors (Lipinski definition) is 0. The first-order valence-corrected chi connectivity index (χ1v) is 7.22. The third kappa shape index (κ3) is 4.21. The number of benzene rings is 1. The van der Waals surface area contributed by atoms with Crippen molar-refractivity contribution in [2.45, 2.75) is 32.8 Å². The number of thiophene rings is 1. The van der Waals surface area contributed by atoms with Gasteiger partial charge in [-0.3, -0.25) is 0 Å². The van der Waals surface area contributed by atoms with Crippen molar-refractivity contribution in [1.82, 2.24) is 0 Å². The largest absolute Gasteiger partial charge is 0.391 e. The van der Waals surface area contributed by atoms with E-state index in [1.165, 1.54) is 5.56 Å². The van der Waals surface area contributed by atoms with Crippen LogP contribution in [0.3, 0.4) is 0 Å². The molecule has 0 amide bonds. The first-order valence-electron chi connectivity index (χ1n) is 6.34. The summed E-state index contributed by atoms with van der Waals surface area (Å²) in [6.45, 7) is 7.14. The van der Waals surface area contributed by atoms with Gasteiger partial charge in [0.2, 0.25) is 0 Å². The average Bonchev–Trinajstić information content (AvgIpc) is 2.87. The highest BCUT2D eigenvalue weighted by Gasteiger charge is 2.12. The molecule has 0 unspecified atom stereocenters. The molecule has 2 rings (SSSR count). The van der Waals surface area contributed by atoms with E-state index in [1.807, 2.05) is 17.5 Å². The van der Waals surface area contributed by atoms with Gasteiger partial charge in [-0.05, 0) is 28.0 Å².